The van der Waals surface area contributed by atoms with Gasteiger partial charge in [0.15, 0.2) is 6.49 Å². The van der Waals surface area contributed by atoms with Gasteiger partial charge < -0.3 is 23.6 Å². The first kappa shape index (κ1) is 13.0. The molecule has 2 fully saturated rings. The largest absolute Gasteiger partial charge is 0.381 e. The maximum absolute atomic E-state index is 9.62. The van der Waals surface area contributed by atoms with Gasteiger partial charge in [0, 0.05) is 19.8 Å². The Morgan fingerprint density at radius 2 is 2.38 bits per heavy atom. The summed E-state index contributed by atoms with van der Waals surface area (Å²) < 4.78 is 21.7. The number of hydrogen-bond donors (Lipinski definition) is 1. The van der Waals surface area contributed by atoms with E-state index in [9.17, 15) is 4.89 Å². The summed E-state index contributed by atoms with van der Waals surface area (Å²) in [5.74, 6) is 0. The molecule has 0 aromatic heterocycles. The molecule has 5 nitrogen and oxygen atoms in total. The van der Waals surface area contributed by atoms with Crippen LogP contribution < -0.4 is 0 Å². The zero-order chi connectivity index (χ0) is 12.0. The van der Waals surface area contributed by atoms with Crippen molar-refractivity contribution in [2.45, 2.75) is 23.8 Å². The van der Waals surface area contributed by atoms with Crippen molar-refractivity contribution >= 4 is 26.1 Å². The lowest BCUT2D eigenvalue weighted by Gasteiger charge is -2.30. The molecular weight excluding hydrogens is 250 g/mol. The Bertz CT molecular complexity index is 324. The summed E-state index contributed by atoms with van der Waals surface area (Å²) in [6.45, 7) is -0.639. The van der Waals surface area contributed by atoms with Gasteiger partial charge in [-0.05, 0) is 11.8 Å². The van der Waals surface area contributed by atoms with Crippen molar-refractivity contribution in [2.24, 2.45) is 0 Å². The lowest BCUT2D eigenvalue weighted by atomic mass is 9.92. The molecule has 2 radical (unpaired) electrons. The molecule has 0 aromatic rings. The van der Waals surface area contributed by atoms with Crippen molar-refractivity contribution in [1.82, 2.24) is 0 Å². The zero-order valence-electron chi connectivity index (χ0n) is 9.16. The Morgan fingerprint density at radius 1 is 1.69 bits per heavy atom. The van der Waals surface area contributed by atoms with E-state index in [1.165, 1.54) is 6.66 Å². The third-order valence-corrected chi connectivity index (χ3v) is 3.61. The Kier molecular flexibility index (Phi) is 3.50. The Morgan fingerprint density at radius 3 is 2.88 bits per heavy atom. The number of hydrogen-bond acceptors (Lipinski definition) is 5. The average Bonchev–Trinajstić information content (AvgIpc) is 2.54. The molecule has 90 valence electrons. The standard InChI is InChI=1S/C8H14BO5PS/c1-11-3-8-4-12-5(7(9)13-8)6(8)14-15(2,10)16/h5-7H,3-4H2,1-2H3,(H,10,16)/t5?,6-,7+,8?,15?/m0/s1. The molecule has 5 atom stereocenters. The Hall–Kier alpha value is 0.515. The third kappa shape index (κ3) is 2.23. The second-order valence-electron chi connectivity index (χ2n) is 4.18. The van der Waals surface area contributed by atoms with E-state index >= 15 is 0 Å². The minimum Gasteiger partial charge on any atom is -0.381 e. The van der Waals surface area contributed by atoms with Crippen molar-refractivity contribution in [3.63, 3.8) is 0 Å². The van der Waals surface area contributed by atoms with Crippen LogP contribution in [-0.2, 0) is 30.5 Å². The van der Waals surface area contributed by atoms with Crippen LogP contribution in [0.2, 0.25) is 0 Å². The molecule has 2 aliphatic heterocycles. The van der Waals surface area contributed by atoms with Crippen LogP contribution in [0.5, 0.6) is 0 Å². The summed E-state index contributed by atoms with van der Waals surface area (Å²) in [7, 11) is 7.32. The van der Waals surface area contributed by atoms with Gasteiger partial charge in [-0.15, -0.1) is 0 Å². The maximum Gasteiger partial charge on any atom is 0.183 e. The highest BCUT2D eigenvalue weighted by Gasteiger charge is 2.61. The monoisotopic (exact) mass is 264 g/mol. The van der Waals surface area contributed by atoms with E-state index < -0.39 is 24.2 Å². The van der Waals surface area contributed by atoms with E-state index in [1.807, 2.05) is 0 Å². The van der Waals surface area contributed by atoms with Gasteiger partial charge in [-0.1, -0.05) is 0 Å². The van der Waals surface area contributed by atoms with Gasteiger partial charge in [0.25, 0.3) is 0 Å². The first-order chi connectivity index (χ1) is 7.38. The summed E-state index contributed by atoms with van der Waals surface area (Å²) in [4.78, 5) is 9.62. The predicted octanol–water partition coefficient (Wildman–Crippen LogP) is -0.388. The maximum atomic E-state index is 9.62. The molecule has 0 saturated carbocycles. The number of ether oxygens (including phenoxy) is 3. The van der Waals surface area contributed by atoms with Crippen LogP contribution >= 0.6 is 6.49 Å². The van der Waals surface area contributed by atoms with Gasteiger partial charge in [0.05, 0.1) is 13.2 Å². The molecule has 0 aromatic carbocycles. The molecule has 2 saturated heterocycles. The van der Waals surface area contributed by atoms with Gasteiger partial charge in [-0.2, -0.15) is 0 Å². The predicted molar refractivity (Wildman–Crippen MR) is 62.3 cm³/mol. The molecular formula is C8H14BO5PS. The summed E-state index contributed by atoms with van der Waals surface area (Å²) in [6, 6.07) is -0.560. The summed E-state index contributed by atoms with van der Waals surface area (Å²) in [6.07, 6.45) is -0.840. The molecule has 2 rings (SSSR count). The van der Waals surface area contributed by atoms with Crippen LogP contribution in [0.15, 0.2) is 0 Å². The average molecular weight is 264 g/mol. The van der Waals surface area contributed by atoms with Gasteiger partial charge >= 0.3 is 0 Å². The number of rotatable bonds is 4. The molecule has 0 amide bonds. The smallest absolute Gasteiger partial charge is 0.183 e. The molecule has 3 unspecified atom stereocenters. The minimum atomic E-state index is -2.78. The second kappa shape index (κ2) is 4.32. The van der Waals surface area contributed by atoms with Crippen LogP contribution in [0.25, 0.3) is 0 Å². The molecule has 2 heterocycles. The zero-order valence-corrected chi connectivity index (χ0v) is 10.9. The van der Waals surface area contributed by atoms with Crippen LogP contribution in [0.3, 0.4) is 0 Å². The summed E-state index contributed by atoms with van der Waals surface area (Å²) in [5.41, 5.74) is -0.734. The third-order valence-electron chi connectivity index (χ3n) is 2.73. The minimum absolute atomic E-state index is 0.303. The lowest BCUT2D eigenvalue weighted by Crippen LogP contribution is -2.45. The first-order valence-electron chi connectivity index (χ1n) is 4.90. The Labute approximate surface area is 101 Å². The van der Waals surface area contributed by atoms with E-state index in [2.05, 4.69) is 0 Å². The van der Waals surface area contributed by atoms with Crippen molar-refractivity contribution in [3.05, 3.63) is 0 Å². The fraction of sp³-hybridized carbons (Fsp3) is 1.00. The molecule has 2 bridgehead atoms. The van der Waals surface area contributed by atoms with E-state index in [0.717, 1.165) is 0 Å². The van der Waals surface area contributed by atoms with Crippen LogP contribution in [0.4, 0.5) is 0 Å². The fourth-order valence-electron chi connectivity index (χ4n) is 2.18. The summed E-state index contributed by atoms with van der Waals surface area (Å²) >= 11 is 4.88. The normalized spacial score (nSPS) is 45.8. The highest BCUT2D eigenvalue weighted by Crippen LogP contribution is 2.49. The number of fused-ring (bicyclic) bond motifs is 2. The van der Waals surface area contributed by atoms with Crippen LogP contribution in [0, 0.1) is 0 Å². The van der Waals surface area contributed by atoms with Crippen molar-refractivity contribution in [2.75, 3.05) is 27.0 Å². The fourth-order valence-corrected chi connectivity index (χ4v) is 3.19. The van der Waals surface area contributed by atoms with Gasteiger partial charge in [-0.3, -0.25) is 0 Å². The number of methoxy groups -OCH3 is 1. The quantitative estimate of drug-likeness (QED) is 0.551. The van der Waals surface area contributed by atoms with Crippen molar-refractivity contribution < 1.29 is 23.6 Å². The molecule has 2 aliphatic rings. The first-order valence-corrected chi connectivity index (χ1v) is 8.03. The van der Waals surface area contributed by atoms with Gasteiger partial charge in [-0.25, -0.2) is 0 Å². The topological polar surface area (TPSA) is 57.2 Å². The SMILES string of the molecule is [B][C@@H]1OC2(COC)COC1[C@@H]2OP(C)(O)=S. The van der Waals surface area contributed by atoms with Gasteiger partial charge in [0.1, 0.15) is 25.7 Å². The molecule has 8 heteroatoms. The van der Waals surface area contributed by atoms with Gasteiger partial charge in [0.2, 0.25) is 0 Å². The molecule has 0 aliphatic carbocycles. The molecule has 0 spiro atoms. The Balaban J connectivity index is 2.19. The second-order valence-corrected chi connectivity index (χ2v) is 8.03. The summed E-state index contributed by atoms with van der Waals surface area (Å²) in [5, 5.41) is 0. The van der Waals surface area contributed by atoms with E-state index in [0.29, 0.717) is 13.2 Å². The highest BCUT2D eigenvalue weighted by atomic mass is 32.5. The highest BCUT2D eigenvalue weighted by molar-refractivity contribution is 8.09. The molecule has 16 heavy (non-hydrogen) atoms. The van der Waals surface area contributed by atoms with Crippen molar-refractivity contribution in [3.8, 4) is 0 Å². The molecule has 1 N–H and O–H groups in total. The van der Waals surface area contributed by atoms with Crippen LogP contribution in [0.1, 0.15) is 0 Å². The lowest BCUT2D eigenvalue weighted by molar-refractivity contribution is -0.140. The van der Waals surface area contributed by atoms with Crippen molar-refractivity contribution in [1.29, 1.82) is 0 Å². The van der Waals surface area contributed by atoms with E-state index in [4.69, 9.17) is 38.4 Å². The van der Waals surface area contributed by atoms with E-state index in [1.54, 1.807) is 7.11 Å². The van der Waals surface area contributed by atoms with E-state index in [-0.39, 0.29) is 6.10 Å². The van der Waals surface area contributed by atoms with Crippen LogP contribution in [-0.4, -0.2) is 63.5 Å².